The summed E-state index contributed by atoms with van der Waals surface area (Å²) in [5.74, 6) is -0.281. The van der Waals surface area contributed by atoms with E-state index in [-0.39, 0.29) is 12.1 Å². The Labute approximate surface area is 136 Å². The van der Waals surface area contributed by atoms with Crippen molar-refractivity contribution < 1.29 is 14.6 Å². The highest BCUT2D eigenvalue weighted by molar-refractivity contribution is 5.81. The van der Waals surface area contributed by atoms with Crippen LogP contribution in [0.2, 0.25) is 0 Å². The summed E-state index contributed by atoms with van der Waals surface area (Å²) in [5, 5.41) is 9.82. The van der Waals surface area contributed by atoms with Gasteiger partial charge in [-0.1, -0.05) is 57.3 Å². The van der Waals surface area contributed by atoms with E-state index in [1.165, 1.54) is 32.4 Å². The van der Waals surface area contributed by atoms with Crippen LogP contribution < -0.4 is 0 Å². The third-order valence-electron chi connectivity index (χ3n) is 3.66. The first-order valence-corrected chi connectivity index (χ1v) is 8.78. The molecule has 3 nitrogen and oxygen atoms in total. The molecule has 0 rings (SSSR count). The average Bonchev–Trinajstić information content (AvgIpc) is 2.53. The van der Waals surface area contributed by atoms with Gasteiger partial charge in [0.2, 0.25) is 0 Å². The Kier molecular flexibility index (Phi) is 15.5. The van der Waals surface area contributed by atoms with E-state index < -0.39 is 0 Å². The van der Waals surface area contributed by atoms with Gasteiger partial charge in [-0.05, 0) is 38.5 Å². The van der Waals surface area contributed by atoms with Crippen molar-refractivity contribution in [2.45, 2.75) is 83.7 Å². The molecule has 0 spiro atoms. The summed E-state index contributed by atoms with van der Waals surface area (Å²) in [5.41, 5.74) is 0. The monoisotopic (exact) mass is 310 g/mol. The predicted octanol–water partition coefficient (Wildman–Crippen LogP) is 4.94. The molecular formula is C19H34O3. The van der Waals surface area contributed by atoms with Gasteiger partial charge >= 0.3 is 5.97 Å². The lowest BCUT2D eigenvalue weighted by Crippen LogP contribution is -2.04. The number of methoxy groups -OCH3 is 1. The van der Waals surface area contributed by atoms with E-state index in [1.54, 1.807) is 0 Å². The van der Waals surface area contributed by atoms with Crippen LogP contribution in [0.4, 0.5) is 0 Å². The highest BCUT2D eigenvalue weighted by Crippen LogP contribution is 2.09. The Hall–Kier alpha value is -1.09. The first kappa shape index (κ1) is 20.9. The Balaban J connectivity index is 3.36. The summed E-state index contributed by atoms with van der Waals surface area (Å²) in [4.78, 5) is 10.8. The van der Waals surface area contributed by atoms with Crippen LogP contribution >= 0.6 is 0 Å². The first-order chi connectivity index (χ1) is 10.7. The maximum atomic E-state index is 10.8. The van der Waals surface area contributed by atoms with Crippen molar-refractivity contribution in [3.05, 3.63) is 24.3 Å². The third-order valence-corrected chi connectivity index (χ3v) is 3.66. The molecule has 0 aromatic rings. The lowest BCUT2D eigenvalue weighted by Gasteiger charge is -2.06. The van der Waals surface area contributed by atoms with Crippen LogP contribution in [0.15, 0.2) is 24.3 Å². The van der Waals surface area contributed by atoms with Crippen molar-refractivity contribution in [1.29, 1.82) is 0 Å². The molecule has 0 saturated carbocycles. The molecule has 0 bridgehead atoms. The van der Waals surface area contributed by atoms with Crippen molar-refractivity contribution in [3.8, 4) is 0 Å². The maximum Gasteiger partial charge on any atom is 0.330 e. The molecule has 0 unspecified atom stereocenters. The van der Waals surface area contributed by atoms with Crippen molar-refractivity contribution in [3.63, 3.8) is 0 Å². The summed E-state index contributed by atoms with van der Waals surface area (Å²) in [6.07, 6.45) is 19.5. The molecule has 0 heterocycles. The number of rotatable bonds is 14. The van der Waals surface area contributed by atoms with Gasteiger partial charge in [0.1, 0.15) is 0 Å². The van der Waals surface area contributed by atoms with Crippen LogP contribution in [0.5, 0.6) is 0 Å². The second kappa shape index (κ2) is 16.3. The van der Waals surface area contributed by atoms with E-state index in [0.717, 1.165) is 51.4 Å². The number of aliphatic hydroxyl groups is 1. The van der Waals surface area contributed by atoms with Crippen LogP contribution in [-0.4, -0.2) is 24.3 Å². The maximum absolute atomic E-state index is 10.8. The van der Waals surface area contributed by atoms with Gasteiger partial charge < -0.3 is 9.84 Å². The summed E-state index contributed by atoms with van der Waals surface area (Å²) in [6.45, 7) is 2.20. The minimum atomic E-state index is -0.281. The fourth-order valence-electron chi connectivity index (χ4n) is 2.24. The minimum Gasteiger partial charge on any atom is -0.466 e. The largest absolute Gasteiger partial charge is 0.466 e. The van der Waals surface area contributed by atoms with Crippen LogP contribution in [0.3, 0.4) is 0 Å². The zero-order chi connectivity index (χ0) is 16.5. The van der Waals surface area contributed by atoms with E-state index in [9.17, 15) is 9.90 Å². The molecule has 0 aliphatic heterocycles. The Morgan fingerprint density at radius 3 is 2.36 bits per heavy atom. The second-order valence-electron chi connectivity index (χ2n) is 5.77. The van der Waals surface area contributed by atoms with Crippen LogP contribution in [0.1, 0.15) is 77.6 Å². The van der Waals surface area contributed by atoms with Gasteiger partial charge in [-0.25, -0.2) is 4.79 Å². The standard InChI is InChI=1S/C19H34O3/c1-3-4-5-12-15-18(20)16-13-10-8-6-7-9-11-14-17-19(21)22-2/h10,13-14,17-18,20H,3-9,11-12,15-16H2,1-2H3/t18-/m1/s1. The second-order valence-corrected chi connectivity index (χ2v) is 5.77. The molecule has 0 saturated heterocycles. The van der Waals surface area contributed by atoms with Crippen molar-refractivity contribution >= 4 is 5.97 Å². The Bertz CT molecular complexity index is 308. The van der Waals surface area contributed by atoms with Crippen molar-refractivity contribution in [2.24, 2.45) is 0 Å². The quantitative estimate of drug-likeness (QED) is 0.214. The van der Waals surface area contributed by atoms with Gasteiger partial charge in [-0.15, -0.1) is 0 Å². The Morgan fingerprint density at radius 1 is 1.00 bits per heavy atom. The average molecular weight is 310 g/mol. The predicted molar refractivity (Wildman–Crippen MR) is 92.8 cm³/mol. The van der Waals surface area contributed by atoms with Crippen LogP contribution in [0, 0.1) is 0 Å². The van der Waals surface area contributed by atoms with E-state index in [0.29, 0.717) is 0 Å². The number of hydrogen-bond acceptors (Lipinski definition) is 3. The topological polar surface area (TPSA) is 46.5 Å². The molecule has 0 amide bonds. The molecule has 128 valence electrons. The molecule has 0 aromatic heterocycles. The van der Waals surface area contributed by atoms with Gasteiger partial charge in [0, 0.05) is 6.08 Å². The summed E-state index contributed by atoms with van der Waals surface area (Å²) in [6, 6.07) is 0. The molecular weight excluding hydrogens is 276 g/mol. The van der Waals surface area contributed by atoms with Crippen molar-refractivity contribution in [2.75, 3.05) is 7.11 Å². The molecule has 0 aromatic carbocycles. The number of esters is 1. The lowest BCUT2D eigenvalue weighted by molar-refractivity contribution is -0.134. The number of carbonyl (C=O) groups excluding carboxylic acids is 1. The SMILES string of the molecule is CCCCCC[C@@H](O)CC=CCCCCCC=CC(=O)OC. The first-order valence-electron chi connectivity index (χ1n) is 8.78. The smallest absolute Gasteiger partial charge is 0.330 e. The van der Waals surface area contributed by atoms with E-state index in [2.05, 4.69) is 23.8 Å². The number of unbranched alkanes of at least 4 members (excludes halogenated alkanes) is 7. The molecule has 1 atom stereocenters. The van der Waals surface area contributed by atoms with Gasteiger partial charge in [0.15, 0.2) is 0 Å². The molecule has 3 heteroatoms. The normalized spacial score (nSPS) is 13.0. The lowest BCUT2D eigenvalue weighted by atomic mass is 10.1. The molecule has 0 aliphatic rings. The van der Waals surface area contributed by atoms with Crippen molar-refractivity contribution in [1.82, 2.24) is 0 Å². The van der Waals surface area contributed by atoms with E-state index in [1.807, 2.05) is 6.08 Å². The fourth-order valence-corrected chi connectivity index (χ4v) is 2.24. The number of allylic oxidation sites excluding steroid dienone is 2. The number of aliphatic hydroxyl groups excluding tert-OH is 1. The third kappa shape index (κ3) is 15.3. The fraction of sp³-hybridized carbons (Fsp3) is 0.737. The van der Waals surface area contributed by atoms with Gasteiger partial charge in [0.05, 0.1) is 13.2 Å². The van der Waals surface area contributed by atoms with E-state index in [4.69, 9.17) is 0 Å². The van der Waals surface area contributed by atoms with Crippen LogP contribution in [-0.2, 0) is 9.53 Å². The zero-order valence-electron chi connectivity index (χ0n) is 14.4. The summed E-state index contributed by atoms with van der Waals surface area (Å²) in [7, 11) is 1.39. The highest BCUT2D eigenvalue weighted by atomic mass is 16.5. The number of ether oxygens (including phenoxy) is 1. The number of hydrogen-bond donors (Lipinski definition) is 1. The molecule has 1 N–H and O–H groups in total. The van der Waals surface area contributed by atoms with Gasteiger partial charge in [-0.3, -0.25) is 0 Å². The number of carbonyl (C=O) groups is 1. The molecule has 22 heavy (non-hydrogen) atoms. The zero-order valence-corrected chi connectivity index (χ0v) is 14.4. The Morgan fingerprint density at radius 2 is 1.68 bits per heavy atom. The van der Waals surface area contributed by atoms with E-state index >= 15 is 0 Å². The molecule has 0 radical (unpaired) electrons. The summed E-state index contributed by atoms with van der Waals surface area (Å²) >= 11 is 0. The molecule has 0 fully saturated rings. The highest BCUT2D eigenvalue weighted by Gasteiger charge is 2.00. The summed E-state index contributed by atoms with van der Waals surface area (Å²) < 4.78 is 4.52. The van der Waals surface area contributed by atoms with Crippen LogP contribution in [0.25, 0.3) is 0 Å². The van der Waals surface area contributed by atoms with Gasteiger partial charge in [0.25, 0.3) is 0 Å². The molecule has 0 aliphatic carbocycles. The minimum absolute atomic E-state index is 0.170. The van der Waals surface area contributed by atoms with Gasteiger partial charge in [-0.2, -0.15) is 0 Å².